The van der Waals surface area contributed by atoms with Crippen LogP contribution in [-0.2, 0) is 0 Å². The summed E-state index contributed by atoms with van der Waals surface area (Å²) >= 11 is 0. The largest absolute Gasteiger partial charge is 0.0928 e. The molecule has 2 heteroatoms. The highest BCUT2D eigenvalue weighted by molar-refractivity contribution is 6.47. The van der Waals surface area contributed by atoms with Crippen LogP contribution in [-0.4, -0.2) is 20.5 Å². The molecule has 0 aliphatic rings. The van der Waals surface area contributed by atoms with E-state index < -0.39 is 0 Å². The molecule has 0 spiro atoms. The molecule has 0 aliphatic carbocycles. The van der Waals surface area contributed by atoms with Crippen LogP contribution in [0.4, 0.5) is 0 Å². The molecule has 0 aliphatic heterocycles. The summed E-state index contributed by atoms with van der Waals surface area (Å²) in [7, 11) is 2.28. The molecule has 0 unspecified atom stereocenters. The highest BCUT2D eigenvalue weighted by Crippen LogP contribution is 2.30. The van der Waals surface area contributed by atoms with E-state index in [1.54, 1.807) is 10.8 Å². The Bertz CT molecular complexity index is 892. The van der Waals surface area contributed by atoms with Gasteiger partial charge >= 0.3 is 0 Å². The van der Waals surface area contributed by atoms with Crippen molar-refractivity contribution in [2.45, 2.75) is 40.0 Å². The number of rotatable bonds is 6. The van der Waals surface area contributed by atoms with E-state index in [9.17, 15) is 0 Å². The van der Waals surface area contributed by atoms with Gasteiger partial charge in [-0.2, -0.15) is 0 Å². The molecule has 0 nitrogen and oxygen atoms in total. The molecule has 0 saturated heterocycles. The van der Waals surface area contributed by atoms with Gasteiger partial charge in [0.25, 0.3) is 0 Å². The summed E-state index contributed by atoms with van der Waals surface area (Å²) in [5.74, 6) is 0. The van der Waals surface area contributed by atoms with Crippen LogP contribution in [0, 0.1) is 0 Å². The van der Waals surface area contributed by atoms with Crippen molar-refractivity contribution >= 4 is 31.3 Å². The molecule has 3 aromatic rings. The van der Waals surface area contributed by atoms with E-state index in [1.165, 1.54) is 57.0 Å². The smallest absolute Gasteiger partial charge is 0.0401 e. The van der Waals surface area contributed by atoms with Crippen LogP contribution in [0.3, 0.4) is 0 Å². The Kier molecular flexibility index (Phi) is 10.3. The van der Waals surface area contributed by atoms with Crippen LogP contribution in [0.2, 0.25) is 0 Å². The molecule has 0 aromatic heterocycles. The summed E-state index contributed by atoms with van der Waals surface area (Å²) in [6.07, 6.45) is 3.82. The lowest BCUT2D eigenvalue weighted by Crippen LogP contribution is -1.94. The summed E-state index contributed by atoms with van der Waals surface area (Å²) in [6, 6.07) is 32.1. The standard InChI is InChI=1S/C20H18Si.C8H18Si/c21-20(18-14-8-3-9-15-18)19(16-10-4-1-5-11-16)17-12-6-2-7-13-17;1-4-7(5-2)8(9)6-3/h1-15H,21H3;4-6H2,1-3,9H3. The predicted octanol–water partition coefficient (Wildman–Crippen LogP) is 5.80. The summed E-state index contributed by atoms with van der Waals surface area (Å²) in [5.41, 5.74) is 6.96. The van der Waals surface area contributed by atoms with E-state index in [0.29, 0.717) is 0 Å². The number of hydrogen-bond donors (Lipinski definition) is 0. The summed E-state index contributed by atoms with van der Waals surface area (Å²) in [6.45, 7) is 6.77. The molecule has 30 heavy (non-hydrogen) atoms. The van der Waals surface area contributed by atoms with Gasteiger partial charge in [-0.25, -0.2) is 0 Å². The van der Waals surface area contributed by atoms with E-state index in [-0.39, 0.29) is 0 Å². The van der Waals surface area contributed by atoms with Gasteiger partial charge in [0, 0.05) is 20.5 Å². The molecule has 3 rings (SSSR count). The molecule has 0 amide bonds. The summed E-state index contributed by atoms with van der Waals surface area (Å²) in [5, 5.41) is 3.16. The zero-order valence-corrected chi connectivity index (χ0v) is 23.3. The van der Waals surface area contributed by atoms with Gasteiger partial charge in [-0.1, -0.05) is 128 Å². The number of hydrogen-bond acceptors (Lipinski definition) is 0. The topological polar surface area (TPSA) is 0 Å². The van der Waals surface area contributed by atoms with E-state index >= 15 is 0 Å². The molecule has 0 fully saturated rings. The van der Waals surface area contributed by atoms with Crippen molar-refractivity contribution in [1.82, 2.24) is 0 Å². The first kappa shape index (κ1) is 23.8. The Morgan fingerprint density at radius 1 is 0.533 bits per heavy atom. The summed E-state index contributed by atoms with van der Waals surface area (Å²) in [4.78, 5) is 0. The molecule has 0 saturated carbocycles. The van der Waals surface area contributed by atoms with Gasteiger partial charge in [-0.3, -0.25) is 0 Å². The van der Waals surface area contributed by atoms with Gasteiger partial charge in [0.15, 0.2) is 0 Å². The van der Waals surface area contributed by atoms with Gasteiger partial charge in [0.2, 0.25) is 0 Å². The third-order valence-corrected chi connectivity index (χ3v) is 8.19. The lowest BCUT2D eigenvalue weighted by molar-refractivity contribution is 0.944. The van der Waals surface area contributed by atoms with Crippen molar-refractivity contribution in [3.63, 3.8) is 0 Å². The van der Waals surface area contributed by atoms with E-state index in [2.05, 4.69) is 112 Å². The minimum atomic E-state index is 1.01. The first-order chi connectivity index (χ1) is 14.6. The monoisotopic (exact) mass is 428 g/mol. The average Bonchev–Trinajstić information content (AvgIpc) is 2.82. The molecule has 0 N–H and O–H groups in total. The maximum absolute atomic E-state index is 2.26. The number of benzene rings is 3. The van der Waals surface area contributed by atoms with Gasteiger partial charge < -0.3 is 0 Å². The van der Waals surface area contributed by atoms with Crippen molar-refractivity contribution in [2.75, 3.05) is 0 Å². The normalized spacial score (nSPS) is 10.1. The van der Waals surface area contributed by atoms with Crippen molar-refractivity contribution in [2.24, 2.45) is 0 Å². The molecule has 0 bridgehead atoms. The van der Waals surface area contributed by atoms with Crippen LogP contribution in [0.1, 0.15) is 56.7 Å². The van der Waals surface area contributed by atoms with Gasteiger partial charge in [0.1, 0.15) is 0 Å². The fourth-order valence-electron chi connectivity index (χ4n) is 3.75. The number of allylic oxidation sites excluding steroid dienone is 2. The van der Waals surface area contributed by atoms with Gasteiger partial charge in [0.05, 0.1) is 0 Å². The van der Waals surface area contributed by atoms with Crippen molar-refractivity contribution in [3.8, 4) is 0 Å². The molecule has 156 valence electrons. The molecular formula is C28H36Si2. The quantitative estimate of drug-likeness (QED) is 0.343. The Morgan fingerprint density at radius 2 is 0.900 bits per heavy atom. The molecular weight excluding hydrogens is 392 g/mol. The third-order valence-electron chi connectivity index (χ3n) is 5.69. The first-order valence-corrected chi connectivity index (χ1v) is 13.2. The van der Waals surface area contributed by atoms with Crippen LogP contribution in [0.5, 0.6) is 0 Å². The molecule has 0 radical (unpaired) electrons. The van der Waals surface area contributed by atoms with Crippen molar-refractivity contribution < 1.29 is 0 Å². The lowest BCUT2D eigenvalue weighted by Gasteiger charge is -2.14. The van der Waals surface area contributed by atoms with Crippen molar-refractivity contribution in [3.05, 3.63) is 118 Å². The van der Waals surface area contributed by atoms with Gasteiger partial charge in [-0.05, 0) is 41.5 Å². The fourth-order valence-corrected chi connectivity index (χ4v) is 5.36. The zero-order valence-electron chi connectivity index (χ0n) is 19.3. The second-order valence-electron chi connectivity index (χ2n) is 7.54. The second-order valence-corrected chi connectivity index (χ2v) is 9.75. The lowest BCUT2D eigenvalue weighted by atomic mass is 9.95. The molecule has 0 heterocycles. The fraction of sp³-hybridized carbons (Fsp3) is 0.214. The van der Waals surface area contributed by atoms with E-state index in [4.69, 9.17) is 0 Å². The van der Waals surface area contributed by atoms with Gasteiger partial charge in [-0.15, -0.1) is 0 Å². The first-order valence-electron chi connectivity index (χ1n) is 11.2. The van der Waals surface area contributed by atoms with E-state index in [0.717, 1.165) is 10.2 Å². The van der Waals surface area contributed by atoms with Crippen LogP contribution < -0.4 is 0 Å². The minimum Gasteiger partial charge on any atom is -0.0928 e. The Hall–Kier alpha value is -2.43. The Balaban J connectivity index is 0.000000303. The maximum atomic E-state index is 2.26. The second kappa shape index (κ2) is 13.0. The molecule has 3 aromatic carbocycles. The Morgan fingerprint density at radius 3 is 1.20 bits per heavy atom. The Labute approximate surface area is 189 Å². The maximum Gasteiger partial charge on any atom is 0.0401 e. The van der Waals surface area contributed by atoms with Crippen LogP contribution in [0.25, 0.3) is 10.8 Å². The predicted molar refractivity (Wildman–Crippen MR) is 143 cm³/mol. The molecule has 0 atom stereocenters. The van der Waals surface area contributed by atoms with Crippen LogP contribution in [0.15, 0.2) is 102 Å². The van der Waals surface area contributed by atoms with Crippen LogP contribution >= 0.6 is 0 Å². The SMILES string of the molecule is CCC([SiH3])=C(CC)CC.[SiH3]C(=C(c1ccccc1)c1ccccc1)c1ccccc1. The highest BCUT2D eigenvalue weighted by atomic mass is 28.1. The highest BCUT2D eigenvalue weighted by Gasteiger charge is 2.09. The zero-order chi connectivity index (χ0) is 21.8. The minimum absolute atomic E-state index is 1.01. The third kappa shape index (κ3) is 6.82. The van der Waals surface area contributed by atoms with E-state index in [1.807, 2.05) is 0 Å². The summed E-state index contributed by atoms with van der Waals surface area (Å²) < 4.78 is 0. The average molecular weight is 429 g/mol. The van der Waals surface area contributed by atoms with Crippen molar-refractivity contribution in [1.29, 1.82) is 0 Å².